The molecular formula is C14H14BrN3O2. The minimum absolute atomic E-state index is 0.0376. The van der Waals surface area contributed by atoms with Crippen molar-refractivity contribution in [3.05, 3.63) is 40.6 Å². The molecule has 104 valence electrons. The largest absolute Gasteiger partial charge is 0.481 e. The Labute approximate surface area is 125 Å². The molecule has 0 radical (unpaired) electrons. The van der Waals surface area contributed by atoms with Crippen molar-refractivity contribution in [3.8, 4) is 11.1 Å². The summed E-state index contributed by atoms with van der Waals surface area (Å²) in [5.74, 6) is -0.415. The van der Waals surface area contributed by atoms with Gasteiger partial charge in [0.15, 0.2) is 0 Å². The van der Waals surface area contributed by atoms with Crippen molar-refractivity contribution in [1.29, 1.82) is 0 Å². The number of carboxylic acids is 1. The van der Waals surface area contributed by atoms with E-state index in [0.717, 1.165) is 21.2 Å². The van der Waals surface area contributed by atoms with Gasteiger partial charge in [-0.2, -0.15) is 0 Å². The number of rotatable bonds is 5. The van der Waals surface area contributed by atoms with E-state index in [4.69, 9.17) is 5.11 Å². The van der Waals surface area contributed by atoms with Crippen molar-refractivity contribution in [2.75, 3.05) is 11.9 Å². The number of hydrogen-bond acceptors (Lipinski definition) is 4. The summed E-state index contributed by atoms with van der Waals surface area (Å²) in [6.45, 7) is 2.34. The first-order chi connectivity index (χ1) is 9.56. The molecule has 1 aromatic carbocycles. The fraction of sp³-hybridized carbons (Fsp3) is 0.214. The molecule has 1 heterocycles. The van der Waals surface area contributed by atoms with Gasteiger partial charge in [0.1, 0.15) is 0 Å². The average molecular weight is 336 g/mol. The van der Waals surface area contributed by atoms with Crippen LogP contribution in [0.2, 0.25) is 0 Å². The van der Waals surface area contributed by atoms with E-state index in [-0.39, 0.29) is 6.42 Å². The third-order valence-corrected chi connectivity index (χ3v) is 3.28. The minimum atomic E-state index is -0.848. The van der Waals surface area contributed by atoms with Crippen LogP contribution in [0.5, 0.6) is 0 Å². The average Bonchev–Trinajstić information content (AvgIpc) is 2.42. The maximum absolute atomic E-state index is 10.4. The molecule has 0 bridgehead atoms. The number of anilines is 1. The van der Waals surface area contributed by atoms with E-state index in [1.165, 1.54) is 0 Å². The van der Waals surface area contributed by atoms with E-state index in [9.17, 15) is 4.79 Å². The molecule has 0 atom stereocenters. The molecule has 5 nitrogen and oxygen atoms in total. The lowest BCUT2D eigenvalue weighted by molar-refractivity contribution is -0.136. The Morgan fingerprint density at radius 2 is 2.05 bits per heavy atom. The standard InChI is InChI=1S/C14H14BrN3O2/c1-9-2-3-11(15)6-12(9)10-7-17-14(18-8-10)16-5-4-13(19)20/h2-3,6-8H,4-5H2,1H3,(H,19,20)(H,16,17,18). The summed E-state index contributed by atoms with van der Waals surface area (Å²) in [6.07, 6.45) is 3.49. The maximum Gasteiger partial charge on any atom is 0.305 e. The zero-order valence-corrected chi connectivity index (χ0v) is 12.5. The number of aliphatic carboxylic acids is 1. The summed E-state index contributed by atoms with van der Waals surface area (Å²) in [5, 5.41) is 11.4. The zero-order chi connectivity index (χ0) is 14.5. The third-order valence-electron chi connectivity index (χ3n) is 2.78. The lowest BCUT2D eigenvalue weighted by Gasteiger charge is -2.07. The van der Waals surface area contributed by atoms with Crippen molar-refractivity contribution in [2.24, 2.45) is 0 Å². The van der Waals surface area contributed by atoms with E-state index >= 15 is 0 Å². The van der Waals surface area contributed by atoms with Gasteiger partial charge in [0, 0.05) is 29.0 Å². The fourth-order valence-corrected chi connectivity index (χ4v) is 2.11. The second kappa shape index (κ2) is 6.47. The molecule has 0 aliphatic carbocycles. The highest BCUT2D eigenvalue weighted by Gasteiger charge is 2.05. The van der Waals surface area contributed by atoms with Crippen molar-refractivity contribution >= 4 is 27.8 Å². The van der Waals surface area contributed by atoms with Gasteiger partial charge in [-0.3, -0.25) is 4.79 Å². The monoisotopic (exact) mass is 335 g/mol. The summed E-state index contributed by atoms with van der Waals surface area (Å²) in [5.41, 5.74) is 3.13. The Bertz CT molecular complexity index is 614. The van der Waals surface area contributed by atoms with Gasteiger partial charge in [-0.25, -0.2) is 9.97 Å². The topological polar surface area (TPSA) is 75.1 Å². The molecule has 2 rings (SSSR count). The summed E-state index contributed by atoms with van der Waals surface area (Å²) in [4.78, 5) is 18.8. The fourth-order valence-electron chi connectivity index (χ4n) is 1.74. The first kappa shape index (κ1) is 14.5. The van der Waals surface area contributed by atoms with E-state index in [0.29, 0.717) is 12.5 Å². The van der Waals surface area contributed by atoms with Crippen LogP contribution in [0, 0.1) is 6.92 Å². The summed E-state index contributed by atoms with van der Waals surface area (Å²) in [6, 6.07) is 6.03. The number of carbonyl (C=O) groups is 1. The number of benzene rings is 1. The number of halogens is 1. The number of hydrogen-bond donors (Lipinski definition) is 2. The smallest absolute Gasteiger partial charge is 0.305 e. The number of nitrogens with zero attached hydrogens (tertiary/aromatic N) is 2. The van der Waals surface area contributed by atoms with Crippen LogP contribution in [-0.2, 0) is 4.79 Å². The number of aromatic nitrogens is 2. The van der Waals surface area contributed by atoms with E-state index < -0.39 is 5.97 Å². The van der Waals surface area contributed by atoms with Crippen LogP contribution >= 0.6 is 15.9 Å². The number of carboxylic acid groups (broad SMARTS) is 1. The van der Waals surface area contributed by atoms with Gasteiger partial charge in [-0.05, 0) is 30.2 Å². The van der Waals surface area contributed by atoms with E-state index in [2.05, 4.69) is 31.2 Å². The van der Waals surface area contributed by atoms with Crippen LogP contribution in [0.4, 0.5) is 5.95 Å². The number of nitrogens with one attached hydrogen (secondary N) is 1. The van der Waals surface area contributed by atoms with Crippen LogP contribution < -0.4 is 5.32 Å². The predicted molar refractivity (Wildman–Crippen MR) is 80.6 cm³/mol. The molecule has 0 aliphatic heterocycles. The van der Waals surface area contributed by atoms with Crippen LogP contribution in [0.25, 0.3) is 11.1 Å². The molecular weight excluding hydrogens is 322 g/mol. The van der Waals surface area contributed by atoms with Crippen LogP contribution in [0.1, 0.15) is 12.0 Å². The van der Waals surface area contributed by atoms with Gasteiger partial charge in [0.2, 0.25) is 5.95 Å². The van der Waals surface area contributed by atoms with Gasteiger partial charge in [-0.1, -0.05) is 22.0 Å². The Morgan fingerprint density at radius 1 is 1.35 bits per heavy atom. The van der Waals surface area contributed by atoms with Crippen molar-refractivity contribution in [2.45, 2.75) is 13.3 Å². The molecule has 0 saturated carbocycles. The molecule has 0 saturated heterocycles. The molecule has 0 unspecified atom stereocenters. The first-order valence-corrected chi connectivity index (χ1v) is 6.90. The van der Waals surface area contributed by atoms with Gasteiger partial charge >= 0.3 is 5.97 Å². The molecule has 2 aromatic rings. The highest BCUT2D eigenvalue weighted by atomic mass is 79.9. The van der Waals surface area contributed by atoms with Gasteiger partial charge < -0.3 is 10.4 Å². The molecule has 1 aromatic heterocycles. The lowest BCUT2D eigenvalue weighted by Crippen LogP contribution is -2.09. The minimum Gasteiger partial charge on any atom is -0.481 e. The normalized spacial score (nSPS) is 10.3. The van der Waals surface area contributed by atoms with Crippen LogP contribution in [-0.4, -0.2) is 27.6 Å². The summed E-state index contributed by atoms with van der Waals surface area (Å²) < 4.78 is 1.00. The molecule has 6 heteroatoms. The molecule has 0 spiro atoms. The predicted octanol–water partition coefficient (Wildman–Crippen LogP) is 3.10. The molecule has 0 amide bonds. The van der Waals surface area contributed by atoms with E-state index in [1.54, 1.807) is 12.4 Å². The molecule has 20 heavy (non-hydrogen) atoms. The second-order valence-electron chi connectivity index (χ2n) is 4.33. The Balaban J connectivity index is 2.11. The maximum atomic E-state index is 10.4. The van der Waals surface area contributed by atoms with Crippen molar-refractivity contribution < 1.29 is 9.90 Å². The van der Waals surface area contributed by atoms with Gasteiger partial charge in [0.25, 0.3) is 0 Å². The van der Waals surface area contributed by atoms with Gasteiger partial charge in [-0.15, -0.1) is 0 Å². The van der Waals surface area contributed by atoms with E-state index in [1.807, 2.05) is 25.1 Å². The highest BCUT2D eigenvalue weighted by Crippen LogP contribution is 2.25. The Morgan fingerprint density at radius 3 is 2.70 bits per heavy atom. The third kappa shape index (κ3) is 3.77. The highest BCUT2D eigenvalue weighted by molar-refractivity contribution is 9.10. The summed E-state index contributed by atoms with van der Waals surface area (Å²) >= 11 is 3.45. The zero-order valence-electron chi connectivity index (χ0n) is 10.9. The lowest BCUT2D eigenvalue weighted by atomic mass is 10.0. The summed E-state index contributed by atoms with van der Waals surface area (Å²) in [7, 11) is 0. The Hall–Kier alpha value is -1.95. The van der Waals surface area contributed by atoms with Crippen molar-refractivity contribution in [3.63, 3.8) is 0 Å². The Kier molecular flexibility index (Phi) is 4.68. The number of aryl methyl sites for hydroxylation is 1. The SMILES string of the molecule is Cc1ccc(Br)cc1-c1cnc(NCCC(=O)O)nc1. The second-order valence-corrected chi connectivity index (χ2v) is 5.24. The van der Waals surface area contributed by atoms with Crippen LogP contribution in [0.3, 0.4) is 0 Å². The quantitative estimate of drug-likeness (QED) is 0.878. The van der Waals surface area contributed by atoms with Gasteiger partial charge in [0.05, 0.1) is 6.42 Å². The van der Waals surface area contributed by atoms with Crippen molar-refractivity contribution in [1.82, 2.24) is 9.97 Å². The first-order valence-electron chi connectivity index (χ1n) is 6.10. The molecule has 0 aliphatic rings. The molecule has 2 N–H and O–H groups in total. The van der Waals surface area contributed by atoms with Crippen LogP contribution in [0.15, 0.2) is 35.1 Å². The molecule has 0 fully saturated rings.